The molecule has 63 heavy (non-hydrogen) atoms. The van der Waals surface area contributed by atoms with Gasteiger partial charge in [0.05, 0.1) is 33.3 Å². The molecule has 0 aliphatic heterocycles. The van der Waals surface area contributed by atoms with Gasteiger partial charge in [0, 0.05) is 50.2 Å². The lowest BCUT2D eigenvalue weighted by Crippen LogP contribution is -2.09. The van der Waals surface area contributed by atoms with Gasteiger partial charge in [-0.2, -0.15) is 0 Å². The summed E-state index contributed by atoms with van der Waals surface area (Å²) in [5.74, 6) is 0. The normalized spacial score (nSPS) is 11.5. The van der Waals surface area contributed by atoms with Gasteiger partial charge in [-0.3, -0.25) is 0 Å². The van der Waals surface area contributed by atoms with E-state index < -0.39 is 0 Å². The Morgan fingerprint density at radius 3 is 1.24 bits per heavy atom. The average molecular weight is 805 g/mol. The highest BCUT2D eigenvalue weighted by Crippen LogP contribution is 2.45. The fourth-order valence-corrected chi connectivity index (χ4v) is 9.41. The molecule has 3 aromatic heterocycles. The summed E-state index contributed by atoms with van der Waals surface area (Å²) in [6, 6.07) is 86.6. The van der Waals surface area contributed by atoms with E-state index in [4.69, 9.17) is 4.98 Å². The van der Waals surface area contributed by atoms with Crippen LogP contribution in [-0.4, -0.2) is 14.1 Å². The van der Waals surface area contributed by atoms with Crippen molar-refractivity contribution in [3.63, 3.8) is 0 Å². The number of hydrogen-bond donors (Lipinski definition) is 0. The quantitative estimate of drug-likeness (QED) is 0.153. The molecule has 296 valence electrons. The molecule has 4 nitrogen and oxygen atoms in total. The lowest BCUT2D eigenvalue weighted by molar-refractivity contribution is 1.16. The van der Waals surface area contributed by atoms with Crippen LogP contribution in [0.4, 0.5) is 17.1 Å². The molecule has 0 N–H and O–H groups in total. The van der Waals surface area contributed by atoms with Crippen LogP contribution in [0.5, 0.6) is 0 Å². The Morgan fingerprint density at radius 1 is 0.302 bits per heavy atom. The molecule has 0 saturated heterocycles. The van der Waals surface area contributed by atoms with Crippen molar-refractivity contribution in [2.45, 2.75) is 0 Å². The average Bonchev–Trinajstić information content (AvgIpc) is 3.89. The predicted molar refractivity (Wildman–Crippen MR) is 264 cm³/mol. The van der Waals surface area contributed by atoms with Gasteiger partial charge < -0.3 is 14.0 Å². The summed E-state index contributed by atoms with van der Waals surface area (Å²) < 4.78 is 4.80. The lowest BCUT2D eigenvalue weighted by Gasteiger charge is -2.26. The van der Waals surface area contributed by atoms with Crippen LogP contribution in [0.3, 0.4) is 0 Å². The first-order chi connectivity index (χ1) is 31.3. The van der Waals surface area contributed by atoms with Crippen LogP contribution < -0.4 is 4.90 Å². The number of rotatable bonds is 8. The highest BCUT2D eigenvalue weighted by molar-refractivity contribution is 6.27. The van der Waals surface area contributed by atoms with Crippen LogP contribution >= 0.6 is 0 Å². The first-order valence-corrected chi connectivity index (χ1v) is 21.5. The van der Waals surface area contributed by atoms with Crippen LogP contribution in [0.2, 0.25) is 0 Å². The molecule has 12 aromatic rings. The molecule has 3 heterocycles. The molecule has 12 rings (SSSR count). The van der Waals surface area contributed by atoms with E-state index in [0.29, 0.717) is 0 Å². The molecule has 0 amide bonds. The maximum absolute atomic E-state index is 5.70. The third kappa shape index (κ3) is 6.19. The van der Waals surface area contributed by atoms with Crippen molar-refractivity contribution in [2.75, 3.05) is 4.90 Å². The zero-order valence-electron chi connectivity index (χ0n) is 34.4. The van der Waals surface area contributed by atoms with Crippen LogP contribution in [0.1, 0.15) is 0 Å². The summed E-state index contributed by atoms with van der Waals surface area (Å²) >= 11 is 0. The Morgan fingerprint density at radius 2 is 0.683 bits per heavy atom. The standard InChI is InChI=1S/C59H40N4/c1-5-17-41(18-6-1)43-33-37-49(38-34-43)61(46-19-7-2-8-20-46)50-39-35-44(36-40-50)42-29-31-45(32-30-42)56-58-55(51-25-13-15-27-53(51)62(58)47-21-9-3-10-22-47)59-57(60-56)52-26-14-16-28-54(52)63(59)48-23-11-4-12-24-48/h1-40H. The van der Waals surface area contributed by atoms with E-state index >= 15 is 0 Å². The number of pyridine rings is 1. The van der Waals surface area contributed by atoms with Crippen molar-refractivity contribution >= 4 is 60.8 Å². The molecule has 0 bridgehead atoms. The third-order valence-electron chi connectivity index (χ3n) is 12.3. The van der Waals surface area contributed by atoms with Crippen molar-refractivity contribution in [3.05, 3.63) is 243 Å². The Hall–Kier alpha value is -8.47. The monoisotopic (exact) mass is 804 g/mol. The predicted octanol–water partition coefficient (Wildman–Crippen LogP) is 15.7. The second kappa shape index (κ2) is 15.2. The highest BCUT2D eigenvalue weighted by Gasteiger charge is 2.25. The molecule has 0 aliphatic carbocycles. The van der Waals surface area contributed by atoms with Crippen molar-refractivity contribution in [3.8, 4) is 44.9 Å². The van der Waals surface area contributed by atoms with Crippen LogP contribution in [0.25, 0.3) is 88.6 Å². The van der Waals surface area contributed by atoms with Gasteiger partial charge in [0.25, 0.3) is 0 Å². The van der Waals surface area contributed by atoms with Crippen molar-refractivity contribution in [1.82, 2.24) is 14.1 Å². The molecule has 0 radical (unpaired) electrons. The van der Waals surface area contributed by atoms with Gasteiger partial charge in [0.2, 0.25) is 0 Å². The maximum Gasteiger partial charge on any atom is 0.0979 e. The summed E-state index contributed by atoms with van der Waals surface area (Å²) in [6.07, 6.45) is 0. The van der Waals surface area contributed by atoms with Gasteiger partial charge in [-0.1, -0.05) is 170 Å². The zero-order chi connectivity index (χ0) is 41.7. The fraction of sp³-hybridized carbons (Fsp3) is 0. The molecule has 4 heteroatoms. The van der Waals surface area contributed by atoms with E-state index in [2.05, 4.69) is 257 Å². The number of benzene rings is 9. The van der Waals surface area contributed by atoms with Crippen LogP contribution in [-0.2, 0) is 0 Å². The number of hydrogen-bond acceptors (Lipinski definition) is 2. The number of fused-ring (bicyclic) bond motifs is 7. The lowest BCUT2D eigenvalue weighted by atomic mass is 10.0. The summed E-state index contributed by atoms with van der Waals surface area (Å²) in [5.41, 5.74) is 17.7. The van der Waals surface area contributed by atoms with E-state index in [-0.39, 0.29) is 0 Å². The zero-order valence-corrected chi connectivity index (χ0v) is 34.4. The number of nitrogens with zero attached hydrogens (tertiary/aromatic N) is 4. The second-order valence-corrected chi connectivity index (χ2v) is 16.0. The van der Waals surface area contributed by atoms with Gasteiger partial charge in [0.1, 0.15) is 0 Å². The van der Waals surface area contributed by atoms with E-state index in [1.807, 2.05) is 0 Å². The van der Waals surface area contributed by atoms with Crippen molar-refractivity contribution in [1.29, 1.82) is 0 Å². The first-order valence-electron chi connectivity index (χ1n) is 21.5. The van der Waals surface area contributed by atoms with E-state index in [1.54, 1.807) is 0 Å². The Labute approximate surface area is 365 Å². The summed E-state index contributed by atoms with van der Waals surface area (Å²) in [4.78, 5) is 8.01. The summed E-state index contributed by atoms with van der Waals surface area (Å²) in [6.45, 7) is 0. The van der Waals surface area contributed by atoms with Gasteiger partial charge in [-0.25, -0.2) is 4.98 Å². The van der Waals surface area contributed by atoms with E-state index in [9.17, 15) is 0 Å². The minimum absolute atomic E-state index is 0.951. The highest BCUT2D eigenvalue weighted by atomic mass is 15.1. The smallest absolute Gasteiger partial charge is 0.0979 e. The Balaban J connectivity index is 0.995. The van der Waals surface area contributed by atoms with Crippen LogP contribution in [0, 0.1) is 0 Å². The van der Waals surface area contributed by atoms with Gasteiger partial charge in [0.15, 0.2) is 0 Å². The molecule has 0 saturated carbocycles. The first kappa shape index (κ1) is 36.4. The number of anilines is 3. The van der Waals surface area contributed by atoms with Gasteiger partial charge in [-0.05, 0) is 95.1 Å². The molecule has 0 unspecified atom stereocenters. The number of aromatic nitrogens is 3. The van der Waals surface area contributed by atoms with E-state index in [0.717, 1.165) is 83.8 Å². The molecule has 0 atom stereocenters. The second-order valence-electron chi connectivity index (χ2n) is 16.0. The molecule has 9 aromatic carbocycles. The molecule has 0 aliphatic rings. The summed E-state index contributed by atoms with van der Waals surface area (Å²) in [7, 11) is 0. The fourth-order valence-electron chi connectivity index (χ4n) is 9.41. The van der Waals surface area contributed by atoms with Gasteiger partial charge in [-0.15, -0.1) is 0 Å². The summed E-state index contributed by atoms with van der Waals surface area (Å²) in [5, 5.41) is 3.51. The SMILES string of the molecule is c1ccc(-c2ccc(N(c3ccccc3)c3ccc(-c4ccc(-c5nc6c7ccccc7n(-c7ccccc7)c6c6c7ccccc7n(-c7ccccc7)c56)cc4)cc3)cc2)cc1. The number of para-hydroxylation sites is 5. The molecule has 0 spiro atoms. The van der Waals surface area contributed by atoms with Gasteiger partial charge >= 0.3 is 0 Å². The topological polar surface area (TPSA) is 26.0 Å². The minimum Gasteiger partial charge on any atom is -0.311 e. The third-order valence-corrected chi connectivity index (χ3v) is 12.3. The van der Waals surface area contributed by atoms with Crippen molar-refractivity contribution in [2.24, 2.45) is 0 Å². The van der Waals surface area contributed by atoms with E-state index in [1.165, 1.54) is 21.9 Å². The Kier molecular flexibility index (Phi) is 8.79. The Bertz CT molecular complexity index is 3560. The van der Waals surface area contributed by atoms with Crippen LogP contribution in [0.15, 0.2) is 243 Å². The maximum atomic E-state index is 5.70. The molecular weight excluding hydrogens is 765 g/mol. The van der Waals surface area contributed by atoms with Crippen molar-refractivity contribution < 1.29 is 0 Å². The molecule has 0 fully saturated rings. The molecular formula is C59H40N4. The minimum atomic E-state index is 0.951. The largest absolute Gasteiger partial charge is 0.311 e.